The average molecular weight is 252 g/mol. The summed E-state index contributed by atoms with van der Waals surface area (Å²) in [5.74, 6) is 0.586. The number of nitrogens with one attached hydrogen (secondary N) is 1. The lowest BCUT2D eigenvalue weighted by Gasteiger charge is -2.15. The summed E-state index contributed by atoms with van der Waals surface area (Å²) >= 11 is 0. The Balaban J connectivity index is 2.59. The first-order valence-corrected chi connectivity index (χ1v) is 6.10. The number of hydrogen-bond acceptors (Lipinski definition) is 4. The summed E-state index contributed by atoms with van der Waals surface area (Å²) in [5.41, 5.74) is 0.478. The number of nitrogens with zero attached hydrogens (tertiary/aromatic N) is 1. The fraction of sp³-hybridized carbons (Fsp3) is 0.538. The van der Waals surface area contributed by atoms with E-state index in [-0.39, 0.29) is 12.5 Å². The van der Waals surface area contributed by atoms with Crippen molar-refractivity contribution in [3.8, 4) is 5.75 Å². The summed E-state index contributed by atoms with van der Waals surface area (Å²) < 4.78 is 5.08. The van der Waals surface area contributed by atoms with Crippen LogP contribution in [0.2, 0.25) is 0 Å². The normalized spacial score (nSPS) is 11.9. The molecule has 100 valence electrons. The molecule has 1 amide bonds. The third-order valence-corrected chi connectivity index (χ3v) is 2.92. The lowest BCUT2D eigenvalue weighted by Crippen LogP contribution is -2.29. The van der Waals surface area contributed by atoms with E-state index >= 15 is 0 Å². The number of methoxy groups -OCH3 is 1. The van der Waals surface area contributed by atoms with Crippen molar-refractivity contribution >= 4 is 5.91 Å². The molecule has 5 nitrogen and oxygen atoms in total. The molecule has 1 aromatic heterocycles. The molecule has 0 aliphatic carbocycles. The molecule has 0 bridgehead atoms. The number of pyridine rings is 1. The van der Waals surface area contributed by atoms with Gasteiger partial charge >= 0.3 is 0 Å². The zero-order valence-corrected chi connectivity index (χ0v) is 10.8. The summed E-state index contributed by atoms with van der Waals surface area (Å²) in [5, 5.41) is 11.7. The second-order valence-electron chi connectivity index (χ2n) is 4.07. The van der Waals surface area contributed by atoms with Crippen molar-refractivity contribution in [2.45, 2.75) is 19.8 Å². The van der Waals surface area contributed by atoms with Crippen LogP contribution >= 0.6 is 0 Å². The Hall–Kier alpha value is -1.62. The molecule has 0 spiro atoms. The Kier molecular flexibility index (Phi) is 6.14. The molecule has 0 saturated carbocycles. The third kappa shape index (κ3) is 4.00. The summed E-state index contributed by atoms with van der Waals surface area (Å²) in [7, 11) is 1.51. The second kappa shape index (κ2) is 7.66. The van der Waals surface area contributed by atoms with E-state index in [1.165, 1.54) is 13.3 Å². The van der Waals surface area contributed by atoms with E-state index in [9.17, 15) is 4.79 Å². The van der Waals surface area contributed by atoms with Gasteiger partial charge in [0.25, 0.3) is 5.91 Å². The largest absolute Gasteiger partial charge is 0.494 e. The molecule has 0 aromatic carbocycles. The van der Waals surface area contributed by atoms with Gasteiger partial charge in [-0.2, -0.15) is 0 Å². The fourth-order valence-electron chi connectivity index (χ4n) is 1.70. The summed E-state index contributed by atoms with van der Waals surface area (Å²) in [6, 6.07) is 1.63. The molecule has 0 fully saturated rings. The number of aliphatic hydroxyl groups excluding tert-OH is 1. The van der Waals surface area contributed by atoms with Crippen molar-refractivity contribution in [3.05, 3.63) is 24.0 Å². The Labute approximate surface area is 107 Å². The van der Waals surface area contributed by atoms with Crippen LogP contribution in [-0.2, 0) is 0 Å². The zero-order valence-electron chi connectivity index (χ0n) is 10.8. The Morgan fingerprint density at radius 1 is 1.61 bits per heavy atom. The van der Waals surface area contributed by atoms with Crippen LogP contribution in [0.1, 0.15) is 30.1 Å². The fourth-order valence-corrected chi connectivity index (χ4v) is 1.70. The minimum atomic E-state index is -0.175. The quantitative estimate of drug-likeness (QED) is 0.765. The second-order valence-corrected chi connectivity index (χ2v) is 4.07. The minimum Gasteiger partial charge on any atom is -0.494 e. The maximum absolute atomic E-state index is 12.0. The van der Waals surface area contributed by atoms with E-state index in [1.807, 2.05) is 6.92 Å². The van der Waals surface area contributed by atoms with Crippen LogP contribution in [0, 0.1) is 5.92 Å². The van der Waals surface area contributed by atoms with Crippen molar-refractivity contribution in [2.75, 3.05) is 20.3 Å². The molecule has 18 heavy (non-hydrogen) atoms. The highest BCUT2D eigenvalue weighted by atomic mass is 16.5. The van der Waals surface area contributed by atoms with E-state index in [4.69, 9.17) is 9.84 Å². The Morgan fingerprint density at radius 3 is 3.00 bits per heavy atom. The number of ether oxygens (including phenoxy) is 1. The van der Waals surface area contributed by atoms with Gasteiger partial charge in [0.1, 0.15) is 5.75 Å². The molecule has 2 N–H and O–H groups in total. The smallest absolute Gasteiger partial charge is 0.255 e. The minimum absolute atomic E-state index is 0.146. The highest BCUT2D eigenvalue weighted by Crippen LogP contribution is 2.15. The van der Waals surface area contributed by atoms with E-state index < -0.39 is 0 Å². The monoisotopic (exact) mass is 252 g/mol. The lowest BCUT2D eigenvalue weighted by atomic mass is 10.0. The maximum Gasteiger partial charge on any atom is 0.255 e. The summed E-state index contributed by atoms with van der Waals surface area (Å²) in [6.07, 6.45) is 4.70. The van der Waals surface area contributed by atoms with Gasteiger partial charge < -0.3 is 15.2 Å². The first-order chi connectivity index (χ1) is 8.72. The summed E-state index contributed by atoms with van der Waals surface area (Å²) in [4.78, 5) is 15.9. The number of amides is 1. The van der Waals surface area contributed by atoms with Crippen molar-refractivity contribution in [1.29, 1.82) is 0 Å². The Morgan fingerprint density at radius 2 is 2.39 bits per heavy atom. The average Bonchev–Trinajstić information content (AvgIpc) is 2.42. The molecular weight excluding hydrogens is 232 g/mol. The maximum atomic E-state index is 12.0. The van der Waals surface area contributed by atoms with Gasteiger partial charge in [0.05, 0.1) is 18.9 Å². The molecule has 1 unspecified atom stereocenters. The van der Waals surface area contributed by atoms with Gasteiger partial charge in [0, 0.05) is 19.3 Å². The zero-order chi connectivity index (χ0) is 13.4. The van der Waals surface area contributed by atoms with E-state index in [0.717, 1.165) is 6.42 Å². The predicted molar refractivity (Wildman–Crippen MR) is 68.6 cm³/mol. The highest BCUT2D eigenvalue weighted by molar-refractivity contribution is 5.96. The van der Waals surface area contributed by atoms with Crippen LogP contribution in [0.15, 0.2) is 18.5 Å². The molecule has 1 rings (SSSR count). The van der Waals surface area contributed by atoms with Gasteiger partial charge in [-0.1, -0.05) is 13.3 Å². The topological polar surface area (TPSA) is 71.5 Å². The predicted octanol–water partition coefficient (Wildman–Crippen LogP) is 1.23. The summed E-state index contributed by atoms with van der Waals surface area (Å²) in [6.45, 7) is 2.74. The molecule has 0 radical (unpaired) electrons. The van der Waals surface area contributed by atoms with Gasteiger partial charge in [-0.05, 0) is 18.4 Å². The van der Waals surface area contributed by atoms with Gasteiger partial charge in [-0.3, -0.25) is 9.78 Å². The number of aromatic nitrogens is 1. The van der Waals surface area contributed by atoms with Crippen LogP contribution in [0.25, 0.3) is 0 Å². The SMILES string of the molecule is CCC(CCO)CNC(=O)c1ccncc1OC. The van der Waals surface area contributed by atoms with Gasteiger partial charge in [0.15, 0.2) is 0 Å². The molecular formula is C13H20N2O3. The number of carbonyl (C=O) groups excluding carboxylic acids is 1. The van der Waals surface area contributed by atoms with Crippen molar-refractivity contribution in [3.63, 3.8) is 0 Å². The van der Waals surface area contributed by atoms with Crippen LogP contribution in [0.5, 0.6) is 5.75 Å². The molecule has 1 aromatic rings. The molecule has 0 saturated heterocycles. The molecule has 5 heteroatoms. The lowest BCUT2D eigenvalue weighted by molar-refractivity contribution is 0.0940. The first-order valence-electron chi connectivity index (χ1n) is 6.10. The molecule has 1 atom stereocenters. The van der Waals surface area contributed by atoms with Crippen LogP contribution in [-0.4, -0.2) is 36.3 Å². The van der Waals surface area contributed by atoms with Crippen LogP contribution in [0.3, 0.4) is 0 Å². The molecule has 0 aliphatic rings. The number of hydrogen-bond donors (Lipinski definition) is 2. The van der Waals surface area contributed by atoms with Gasteiger partial charge in [-0.15, -0.1) is 0 Å². The van der Waals surface area contributed by atoms with Crippen molar-refractivity contribution in [2.24, 2.45) is 5.92 Å². The molecule has 0 aliphatic heterocycles. The van der Waals surface area contributed by atoms with E-state index in [1.54, 1.807) is 12.3 Å². The molecule has 1 heterocycles. The van der Waals surface area contributed by atoms with E-state index in [0.29, 0.717) is 30.2 Å². The number of aliphatic hydroxyl groups is 1. The number of rotatable bonds is 7. The van der Waals surface area contributed by atoms with Gasteiger partial charge in [0.2, 0.25) is 0 Å². The van der Waals surface area contributed by atoms with Gasteiger partial charge in [-0.25, -0.2) is 0 Å². The Bertz CT molecular complexity index is 382. The van der Waals surface area contributed by atoms with Crippen LogP contribution in [0.4, 0.5) is 0 Å². The van der Waals surface area contributed by atoms with E-state index in [2.05, 4.69) is 10.3 Å². The third-order valence-electron chi connectivity index (χ3n) is 2.92. The van der Waals surface area contributed by atoms with Crippen molar-refractivity contribution < 1.29 is 14.6 Å². The first kappa shape index (κ1) is 14.4. The van der Waals surface area contributed by atoms with Crippen LogP contribution < -0.4 is 10.1 Å². The standard InChI is InChI=1S/C13H20N2O3/c1-3-10(5-7-16)8-15-13(17)11-4-6-14-9-12(11)18-2/h4,6,9-10,16H,3,5,7-8H2,1-2H3,(H,15,17). The highest BCUT2D eigenvalue weighted by Gasteiger charge is 2.13. The number of carbonyl (C=O) groups is 1. The van der Waals surface area contributed by atoms with Crippen molar-refractivity contribution in [1.82, 2.24) is 10.3 Å².